The Bertz CT molecular complexity index is 1130. The summed E-state index contributed by atoms with van der Waals surface area (Å²) in [4.78, 5) is 94.3. The van der Waals surface area contributed by atoms with Crippen molar-refractivity contribution in [3.05, 3.63) is 0 Å². The largest absolute Gasteiger partial charge is 0.481 e. The van der Waals surface area contributed by atoms with Gasteiger partial charge in [0, 0.05) is 6.42 Å². The summed E-state index contributed by atoms with van der Waals surface area (Å²) in [5.41, 5.74) is 14.9. The van der Waals surface area contributed by atoms with E-state index in [0.29, 0.717) is 0 Å². The number of ketones is 3. The molecule has 2 amide bonds. The molecular weight excluding hydrogens is 588 g/mol. The maximum atomic E-state index is 14.2. The van der Waals surface area contributed by atoms with Crippen LogP contribution >= 0.6 is 0 Å². The smallest absolute Gasteiger partial charge is 0.342 e. The first-order chi connectivity index (χ1) is 20.2. The molecule has 18 heteroatoms. The van der Waals surface area contributed by atoms with E-state index >= 15 is 0 Å². The summed E-state index contributed by atoms with van der Waals surface area (Å²) in [7, 11) is 0. The van der Waals surface area contributed by atoms with E-state index in [1.807, 2.05) is 0 Å². The number of carbonyl (C=O) groups is 7. The van der Waals surface area contributed by atoms with E-state index in [2.05, 4.69) is 5.32 Å². The van der Waals surface area contributed by atoms with Gasteiger partial charge in [-0.15, -0.1) is 0 Å². The highest BCUT2D eigenvalue weighted by Gasteiger charge is 2.76. The van der Waals surface area contributed by atoms with Crippen molar-refractivity contribution in [3.8, 4) is 0 Å². The van der Waals surface area contributed by atoms with Crippen LogP contribution in [0, 0.1) is 5.92 Å². The molecule has 8 atom stereocenters. The minimum atomic E-state index is -4.30. The fourth-order valence-corrected chi connectivity index (χ4v) is 5.04. The van der Waals surface area contributed by atoms with Gasteiger partial charge in [-0.05, 0) is 45.1 Å². The van der Waals surface area contributed by atoms with Gasteiger partial charge in [0.1, 0.15) is 6.04 Å². The third-order valence-corrected chi connectivity index (χ3v) is 7.44. The molecule has 1 aliphatic rings. The van der Waals surface area contributed by atoms with Gasteiger partial charge < -0.3 is 53.8 Å². The number of hydrogen-bond acceptors (Lipinski definition) is 15. The van der Waals surface area contributed by atoms with Gasteiger partial charge in [0.25, 0.3) is 5.54 Å². The molecule has 0 aromatic rings. The van der Waals surface area contributed by atoms with Crippen molar-refractivity contribution in [2.45, 2.75) is 100 Å². The Balaban J connectivity index is 4.46. The summed E-state index contributed by atoms with van der Waals surface area (Å²) in [6.45, 7) is 2.91. The number of Topliss-reactive ketones (excluding diaryl/α,β-unsaturated/α-hetero) is 3. The number of carboxylic acids is 2. The van der Waals surface area contributed by atoms with Crippen LogP contribution in [-0.2, 0) is 33.6 Å². The number of amides is 2. The van der Waals surface area contributed by atoms with E-state index in [1.165, 1.54) is 0 Å². The van der Waals surface area contributed by atoms with E-state index in [0.717, 1.165) is 6.92 Å². The molecule has 1 fully saturated rings. The summed E-state index contributed by atoms with van der Waals surface area (Å²) in [6, 6.07) is -10.0. The Labute approximate surface area is 253 Å². The number of rotatable bonds is 18. The second-order valence-corrected chi connectivity index (χ2v) is 11.3. The topological polar surface area (TPSA) is 340 Å². The monoisotopic (exact) mass is 632 g/mol. The van der Waals surface area contributed by atoms with Gasteiger partial charge in [0.15, 0.2) is 17.3 Å². The Morgan fingerprint density at radius 3 is 1.89 bits per heavy atom. The van der Waals surface area contributed by atoms with Crippen molar-refractivity contribution in [1.29, 1.82) is 0 Å². The molecule has 1 aliphatic heterocycles. The summed E-state index contributed by atoms with van der Waals surface area (Å²) in [5.74, 6) is -13.7. The molecule has 0 aromatic heterocycles. The summed E-state index contributed by atoms with van der Waals surface area (Å²) < 4.78 is 0. The highest BCUT2D eigenvalue weighted by atomic mass is 16.4. The predicted octanol–water partition coefficient (Wildman–Crippen LogP) is -5.05. The number of carboxylic acid groups (broad SMARTS) is 2. The average Bonchev–Trinajstić information content (AvgIpc) is 3.49. The molecule has 1 heterocycles. The number of nitrogens with one attached hydrogen (secondary N) is 1. The molecule has 0 saturated carbocycles. The van der Waals surface area contributed by atoms with Crippen molar-refractivity contribution in [2.24, 2.45) is 28.9 Å². The molecule has 250 valence electrons. The van der Waals surface area contributed by atoms with Gasteiger partial charge in [0.2, 0.25) is 17.4 Å². The molecule has 14 N–H and O–H groups in total. The molecule has 0 bridgehead atoms. The van der Waals surface area contributed by atoms with E-state index in [-0.39, 0.29) is 25.8 Å². The first-order valence-corrected chi connectivity index (χ1v) is 14.0. The molecule has 18 nitrogen and oxygen atoms in total. The molecule has 0 aliphatic carbocycles. The number of nitrogens with zero attached hydrogens (tertiary/aromatic N) is 1. The maximum absolute atomic E-state index is 14.2. The van der Waals surface area contributed by atoms with Crippen LogP contribution in [0.1, 0.15) is 52.9 Å². The van der Waals surface area contributed by atoms with E-state index in [1.54, 1.807) is 13.8 Å². The zero-order valence-corrected chi connectivity index (χ0v) is 24.8. The Kier molecular flexibility index (Phi) is 13.8. The highest BCUT2D eigenvalue weighted by molar-refractivity contribution is 6.30. The van der Waals surface area contributed by atoms with Gasteiger partial charge in [-0.2, -0.15) is 0 Å². The first kappa shape index (κ1) is 38.8. The van der Waals surface area contributed by atoms with Crippen LogP contribution in [0.4, 0.5) is 0 Å². The summed E-state index contributed by atoms with van der Waals surface area (Å²) in [5, 5.41) is 54.7. The van der Waals surface area contributed by atoms with Crippen molar-refractivity contribution in [3.63, 3.8) is 0 Å². The van der Waals surface area contributed by atoms with Crippen molar-refractivity contribution < 1.29 is 59.1 Å². The van der Waals surface area contributed by atoms with Crippen LogP contribution in [0.15, 0.2) is 0 Å². The third kappa shape index (κ3) is 7.52. The second-order valence-electron chi connectivity index (χ2n) is 11.3. The van der Waals surface area contributed by atoms with E-state index in [9.17, 15) is 54.0 Å². The number of nitrogens with two attached hydrogens (primary N) is 4. The van der Waals surface area contributed by atoms with Crippen LogP contribution in [0.3, 0.4) is 0 Å². The zero-order valence-electron chi connectivity index (χ0n) is 24.8. The molecule has 0 aromatic carbocycles. The van der Waals surface area contributed by atoms with Crippen molar-refractivity contribution in [2.75, 3.05) is 13.2 Å². The van der Waals surface area contributed by atoms with Gasteiger partial charge in [-0.1, -0.05) is 13.8 Å². The maximum Gasteiger partial charge on any atom is 0.342 e. The number of hydrogen-bond donors (Lipinski definition) is 10. The van der Waals surface area contributed by atoms with Crippen LogP contribution in [0.25, 0.3) is 0 Å². The first-order valence-electron chi connectivity index (χ1n) is 14.0. The van der Waals surface area contributed by atoms with Gasteiger partial charge in [-0.25, -0.2) is 4.79 Å². The number of carbonyl (C=O) groups excluding carboxylic acids is 5. The standard InChI is InChI=1S/C26H44N6O12/c1-11(2)9-14(28)20(38)26(44,21(39)16-5-4-8-31-16)25(24(42)43,19(37)15(29)10-33)32(23(41)18(30)12(3)34)22(40)13(27)6-7-17(35)36/h11-16,18,31,33-34,44H,4-10,27-30H2,1-3H3,(H,35,36)(H,42,43). The highest BCUT2D eigenvalue weighted by Crippen LogP contribution is 2.38. The second kappa shape index (κ2) is 15.7. The Morgan fingerprint density at radius 2 is 1.48 bits per heavy atom. The van der Waals surface area contributed by atoms with Gasteiger partial charge in [0.05, 0.1) is 36.9 Å². The lowest BCUT2D eigenvalue weighted by atomic mass is 9.64. The van der Waals surface area contributed by atoms with Gasteiger partial charge in [-0.3, -0.25) is 33.7 Å². The number of imide groups is 1. The average molecular weight is 633 g/mol. The van der Waals surface area contributed by atoms with Crippen LogP contribution in [-0.4, -0.2) is 132 Å². The van der Waals surface area contributed by atoms with Crippen LogP contribution in [0.2, 0.25) is 0 Å². The third-order valence-electron chi connectivity index (χ3n) is 7.44. The van der Waals surface area contributed by atoms with Crippen LogP contribution in [0.5, 0.6) is 0 Å². The lowest BCUT2D eigenvalue weighted by Crippen LogP contribution is -2.85. The molecule has 0 radical (unpaired) electrons. The van der Waals surface area contributed by atoms with Gasteiger partial charge >= 0.3 is 11.9 Å². The van der Waals surface area contributed by atoms with Crippen molar-refractivity contribution in [1.82, 2.24) is 10.2 Å². The molecule has 44 heavy (non-hydrogen) atoms. The Morgan fingerprint density at radius 1 is 0.909 bits per heavy atom. The lowest BCUT2D eigenvalue weighted by Gasteiger charge is -2.49. The number of aliphatic carboxylic acids is 2. The lowest BCUT2D eigenvalue weighted by molar-refractivity contribution is -0.197. The van der Waals surface area contributed by atoms with E-state index in [4.69, 9.17) is 28.0 Å². The molecule has 8 unspecified atom stereocenters. The fourth-order valence-electron chi connectivity index (χ4n) is 5.04. The van der Waals surface area contributed by atoms with Crippen LogP contribution < -0.4 is 28.3 Å². The minimum absolute atomic E-state index is 0.0863. The SMILES string of the molecule is CC(C)CC(N)C(=O)C(O)(C(=O)C1CCCN1)C(C(=O)O)(C(=O)C(N)CO)N(C(=O)C(N)CCC(=O)O)C(=O)C(N)C(C)O. The number of aliphatic hydroxyl groups excluding tert-OH is 2. The Hall–Kier alpha value is -3.23. The fraction of sp³-hybridized carbons (Fsp3) is 0.731. The normalized spacial score (nSPS) is 21.2. The quantitative estimate of drug-likeness (QED) is 0.0632. The number of aliphatic hydroxyl groups is 3. The summed E-state index contributed by atoms with van der Waals surface area (Å²) in [6.07, 6.45) is -3.52. The zero-order chi connectivity index (χ0) is 34.3. The molecular formula is C26H44N6O12. The molecule has 0 spiro atoms. The van der Waals surface area contributed by atoms with E-state index < -0.39 is 119 Å². The van der Waals surface area contributed by atoms with Crippen molar-refractivity contribution >= 4 is 41.1 Å². The minimum Gasteiger partial charge on any atom is -0.481 e. The molecule has 1 rings (SSSR count). The molecule has 1 saturated heterocycles. The predicted molar refractivity (Wildman–Crippen MR) is 150 cm³/mol. The summed E-state index contributed by atoms with van der Waals surface area (Å²) >= 11 is 0.